The summed E-state index contributed by atoms with van der Waals surface area (Å²) in [5.74, 6) is 0. The van der Waals surface area contributed by atoms with E-state index in [1.54, 1.807) is 6.33 Å². The summed E-state index contributed by atoms with van der Waals surface area (Å²) < 4.78 is 1.96. The third-order valence-corrected chi connectivity index (χ3v) is 2.11. The van der Waals surface area contributed by atoms with E-state index in [-0.39, 0.29) is 0 Å². The molecule has 0 saturated carbocycles. The van der Waals surface area contributed by atoms with E-state index in [0.717, 1.165) is 22.3 Å². The Balaban J connectivity index is 2.87. The standard InChI is InChI=1S/C9H11N3/c1-6-3-8-9(4-7(6)10)12(2)5-11-8/h3-5H,10H2,1-2H3. The minimum atomic E-state index is 0.825. The first-order valence-electron chi connectivity index (χ1n) is 3.85. The number of imidazole rings is 1. The molecular formula is C9H11N3. The summed E-state index contributed by atoms with van der Waals surface area (Å²) in [6, 6.07) is 3.96. The molecule has 62 valence electrons. The van der Waals surface area contributed by atoms with Gasteiger partial charge in [0.15, 0.2) is 0 Å². The number of fused-ring (bicyclic) bond motifs is 1. The van der Waals surface area contributed by atoms with Gasteiger partial charge >= 0.3 is 0 Å². The first kappa shape index (κ1) is 7.16. The van der Waals surface area contributed by atoms with Gasteiger partial charge in [0.05, 0.1) is 17.4 Å². The fourth-order valence-electron chi connectivity index (χ4n) is 1.29. The van der Waals surface area contributed by atoms with Crippen molar-refractivity contribution in [2.45, 2.75) is 6.92 Å². The van der Waals surface area contributed by atoms with Gasteiger partial charge in [-0.25, -0.2) is 4.98 Å². The zero-order valence-corrected chi connectivity index (χ0v) is 7.20. The van der Waals surface area contributed by atoms with Crippen molar-refractivity contribution in [2.75, 3.05) is 5.73 Å². The lowest BCUT2D eigenvalue weighted by atomic mass is 10.2. The largest absolute Gasteiger partial charge is 0.398 e. The van der Waals surface area contributed by atoms with Crippen LogP contribution < -0.4 is 5.73 Å². The number of hydrogen-bond acceptors (Lipinski definition) is 2. The highest BCUT2D eigenvalue weighted by Gasteiger charge is 2.01. The SMILES string of the molecule is Cc1cc2ncn(C)c2cc1N. The van der Waals surface area contributed by atoms with Crippen molar-refractivity contribution in [1.29, 1.82) is 0 Å². The van der Waals surface area contributed by atoms with E-state index in [0.29, 0.717) is 0 Å². The Morgan fingerprint density at radius 3 is 2.92 bits per heavy atom. The monoisotopic (exact) mass is 161 g/mol. The number of nitrogens with two attached hydrogens (primary N) is 1. The van der Waals surface area contributed by atoms with Crippen LogP contribution in [0.25, 0.3) is 11.0 Å². The molecular weight excluding hydrogens is 150 g/mol. The van der Waals surface area contributed by atoms with Gasteiger partial charge in [-0.05, 0) is 24.6 Å². The van der Waals surface area contributed by atoms with Crippen molar-refractivity contribution in [1.82, 2.24) is 9.55 Å². The molecule has 0 bridgehead atoms. The van der Waals surface area contributed by atoms with Crippen LogP contribution in [-0.4, -0.2) is 9.55 Å². The van der Waals surface area contributed by atoms with E-state index in [9.17, 15) is 0 Å². The lowest BCUT2D eigenvalue weighted by Gasteiger charge is -2.00. The number of benzene rings is 1. The lowest BCUT2D eigenvalue weighted by molar-refractivity contribution is 0.948. The molecule has 0 spiro atoms. The Kier molecular flexibility index (Phi) is 1.33. The van der Waals surface area contributed by atoms with Crippen molar-refractivity contribution in [2.24, 2.45) is 7.05 Å². The van der Waals surface area contributed by atoms with Gasteiger partial charge in [0, 0.05) is 12.7 Å². The Hall–Kier alpha value is -1.51. The van der Waals surface area contributed by atoms with Crippen LogP contribution in [0.5, 0.6) is 0 Å². The summed E-state index contributed by atoms with van der Waals surface area (Å²) in [5.41, 5.74) is 9.77. The van der Waals surface area contributed by atoms with Crippen molar-refractivity contribution in [3.8, 4) is 0 Å². The quantitative estimate of drug-likeness (QED) is 0.594. The Morgan fingerprint density at radius 1 is 1.42 bits per heavy atom. The van der Waals surface area contributed by atoms with E-state index in [2.05, 4.69) is 4.98 Å². The summed E-state index contributed by atoms with van der Waals surface area (Å²) in [5, 5.41) is 0. The maximum Gasteiger partial charge on any atom is 0.0955 e. The molecule has 1 aromatic heterocycles. The predicted molar refractivity (Wildman–Crippen MR) is 49.9 cm³/mol. The molecule has 12 heavy (non-hydrogen) atoms. The molecule has 3 nitrogen and oxygen atoms in total. The highest BCUT2D eigenvalue weighted by atomic mass is 15.0. The minimum absolute atomic E-state index is 0.825. The highest BCUT2D eigenvalue weighted by Crippen LogP contribution is 2.19. The normalized spacial score (nSPS) is 10.8. The third kappa shape index (κ3) is 0.863. The van der Waals surface area contributed by atoms with Gasteiger partial charge < -0.3 is 10.3 Å². The second-order valence-electron chi connectivity index (χ2n) is 3.05. The molecule has 0 saturated heterocycles. The molecule has 0 radical (unpaired) electrons. The predicted octanol–water partition coefficient (Wildman–Crippen LogP) is 1.46. The Bertz CT molecular complexity index is 429. The second-order valence-corrected chi connectivity index (χ2v) is 3.05. The average Bonchev–Trinajstić information content (AvgIpc) is 2.35. The number of anilines is 1. The van der Waals surface area contributed by atoms with E-state index >= 15 is 0 Å². The fourth-order valence-corrected chi connectivity index (χ4v) is 1.29. The maximum absolute atomic E-state index is 5.77. The van der Waals surface area contributed by atoms with Crippen LogP contribution in [0.2, 0.25) is 0 Å². The maximum atomic E-state index is 5.77. The summed E-state index contributed by atoms with van der Waals surface area (Å²) in [7, 11) is 1.96. The van der Waals surface area contributed by atoms with E-state index in [4.69, 9.17) is 5.73 Å². The average molecular weight is 161 g/mol. The molecule has 0 aliphatic carbocycles. The molecule has 1 aromatic carbocycles. The van der Waals surface area contributed by atoms with Crippen LogP contribution in [0.4, 0.5) is 5.69 Å². The van der Waals surface area contributed by atoms with E-state index < -0.39 is 0 Å². The van der Waals surface area contributed by atoms with E-state index in [1.807, 2.05) is 30.7 Å². The number of nitrogens with zero attached hydrogens (tertiary/aromatic N) is 2. The number of nitrogen functional groups attached to an aromatic ring is 1. The zero-order chi connectivity index (χ0) is 8.72. The van der Waals surface area contributed by atoms with Gasteiger partial charge in [-0.15, -0.1) is 0 Å². The number of aromatic nitrogens is 2. The first-order chi connectivity index (χ1) is 5.68. The van der Waals surface area contributed by atoms with Gasteiger partial charge in [-0.1, -0.05) is 0 Å². The summed E-state index contributed by atoms with van der Waals surface area (Å²) >= 11 is 0. The number of rotatable bonds is 0. The Morgan fingerprint density at radius 2 is 2.17 bits per heavy atom. The molecule has 0 aliphatic rings. The van der Waals surface area contributed by atoms with Crippen LogP contribution in [0.3, 0.4) is 0 Å². The number of hydrogen-bond donors (Lipinski definition) is 1. The molecule has 0 fully saturated rings. The van der Waals surface area contributed by atoms with Crippen LogP contribution in [-0.2, 0) is 7.05 Å². The van der Waals surface area contributed by atoms with Crippen LogP contribution in [0, 0.1) is 6.92 Å². The van der Waals surface area contributed by atoms with Gasteiger partial charge in [0.2, 0.25) is 0 Å². The fraction of sp³-hybridized carbons (Fsp3) is 0.222. The van der Waals surface area contributed by atoms with Gasteiger partial charge in [0.25, 0.3) is 0 Å². The minimum Gasteiger partial charge on any atom is -0.398 e. The molecule has 1 heterocycles. The number of aryl methyl sites for hydroxylation is 2. The molecule has 2 N–H and O–H groups in total. The van der Waals surface area contributed by atoms with E-state index in [1.165, 1.54) is 0 Å². The molecule has 3 heteroatoms. The van der Waals surface area contributed by atoms with Crippen LogP contribution in [0.1, 0.15) is 5.56 Å². The third-order valence-electron chi connectivity index (χ3n) is 2.11. The van der Waals surface area contributed by atoms with Crippen LogP contribution >= 0.6 is 0 Å². The molecule has 0 unspecified atom stereocenters. The molecule has 0 aliphatic heterocycles. The molecule has 0 atom stereocenters. The first-order valence-corrected chi connectivity index (χ1v) is 3.85. The van der Waals surface area contributed by atoms with Gasteiger partial charge in [-0.3, -0.25) is 0 Å². The zero-order valence-electron chi connectivity index (χ0n) is 7.20. The smallest absolute Gasteiger partial charge is 0.0955 e. The lowest BCUT2D eigenvalue weighted by Crippen LogP contribution is -1.91. The van der Waals surface area contributed by atoms with Gasteiger partial charge in [-0.2, -0.15) is 0 Å². The summed E-state index contributed by atoms with van der Waals surface area (Å²) in [6.07, 6.45) is 1.80. The second kappa shape index (κ2) is 2.24. The highest BCUT2D eigenvalue weighted by molar-refractivity contribution is 5.80. The van der Waals surface area contributed by atoms with Crippen molar-refractivity contribution in [3.63, 3.8) is 0 Å². The summed E-state index contributed by atoms with van der Waals surface area (Å²) in [4.78, 5) is 4.23. The van der Waals surface area contributed by atoms with Crippen LogP contribution in [0.15, 0.2) is 18.5 Å². The van der Waals surface area contributed by atoms with Crippen molar-refractivity contribution in [3.05, 3.63) is 24.0 Å². The van der Waals surface area contributed by atoms with Crippen molar-refractivity contribution < 1.29 is 0 Å². The summed E-state index contributed by atoms with van der Waals surface area (Å²) in [6.45, 7) is 1.99. The Labute approximate surface area is 70.8 Å². The van der Waals surface area contributed by atoms with Crippen molar-refractivity contribution >= 4 is 16.7 Å². The molecule has 2 rings (SSSR count). The molecule has 2 aromatic rings. The topological polar surface area (TPSA) is 43.8 Å². The molecule has 0 amide bonds. The van der Waals surface area contributed by atoms with Gasteiger partial charge in [0.1, 0.15) is 0 Å².